The van der Waals surface area contributed by atoms with Crippen molar-refractivity contribution in [2.45, 2.75) is 65.4 Å². The van der Waals surface area contributed by atoms with Gasteiger partial charge in [-0.3, -0.25) is 0 Å². The van der Waals surface area contributed by atoms with Crippen LogP contribution in [-0.4, -0.2) is 40.1 Å². The summed E-state index contributed by atoms with van der Waals surface area (Å²) in [6.45, 7) is 8.87. The average Bonchev–Trinajstić information content (AvgIpc) is 2.44. The number of carboxylic acids is 1. The summed E-state index contributed by atoms with van der Waals surface area (Å²) in [5.41, 5.74) is 0.542. The number of aromatic hydroxyl groups is 1. The van der Waals surface area contributed by atoms with Crippen LogP contribution in [0.25, 0.3) is 0 Å². The van der Waals surface area contributed by atoms with Gasteiger partial charge in [-0.15, -0.1) is 0 Å². The molecule has 0 saturated carbocycles. The second kappa shape index (κ2) is 8.71. The van der Waals surface area contributed by atoms with Crippen molar-refractivity contribution in [3.8, 4) is 5.75 Å². The highest BCUT2D eigenvalue weighted by molar-refractivity contribution is 5.72. The number of phenolic OH excluding ortho intramolecular Hbond substituents is 1. The van der Waals surface area contributed by atoms with Crippen LogP contribution >= 0.6 is 0 Å². The predicted octanol–water partition coefficient (Wildman–Crippen LogP) is 2.84. The third kappa shape index (κ3) is 7.89. The first-order chi connectivity index (χ1) is 11.5. The van der Waals surface area contributed by atoms with Crippen molar-refractivity contribution in [1.29, 1.82) is 0 Å². The lowest BCUT2D eigenvalue weighted by Gasteiger charge is -2.20. The minimum atomic E-state index is -1.05. The molecule has 0 saturated heterocycles. The van der Waals surface area contributed by atoms with Gasteiger partial charge in [0.1, 0.15) is 11.4 Å². The number of aliphatic carboxylic acids is 1. The Morgan fingerprint density at radius 1 is 1.24 bits per heavy atom. The lowest BCUT2D eigenvalue weighted by molar-refractivity contribution is -0.153. The first kappa shape index (κ1) is 20.8. The summed E-state index contributed by atoms with van der Waals surface area (Å²) in [6.07, 6.45) is -1.63. The van der Waals surface area contributed by atoms with E-state index in [9.17, 15) is 19.8 Å². The number of alkyl carbamates (subject to hydrolysis) is 1. The first-order valence-electron chi connectivity index (χ1n) is 8.14. The van der Waals surface area contributed by atoms with E-state index in [2.05, 4.69) is 5.32 Å². The number of carbonyl (C=O) groups excluding carboxylic acids is 1. The number of benzene rings is 1. The fourth-order valence-corrected chi connectivity index (χ4v) is 2.13. The van der Waals surface area contributed by atoms with Crippen molar-refractivity contribution < 1.29 is 29.3 Å². The SMILES string of the molecule is CC(C)OC(Cc1ccc(O)c(CNC(=O)OC(C)(C)C)c1)C(=O)O. The van der Waals surface area contributed by atoms with Gasteiger partial charge in [0.25, 0.3) is 0 Å². The number of hydrogen-bond acceptors (Lipinski definition) is 5. The Hall–Kier alpha value is -2.28. The van der Waals surface area contributed by atoms with Crippen LogP contribution in [0.3, 0.4) is 0 Å². The fourth-order valence-electron chi connectivity index (χ4n) is 2.13. The smallest absolute Gasteiger partial charge is 0.407 e. The van der Waals surface area contributed by atoms with Crippen molar-refractivity contribution in [2.75, 3.05) is 0 Å². The van der Waals surface area contributed by atoms with Gasteiger partial charge < -0.3 is 25.0 Å². The Balaban J connectivity index is 2.78. The molecule has 1 amide bonds. The van der Waals surface area contributed by atoms with Crippen molar-refractivity contribution in [3.05, 3.63) is 29.3 Å². The molecule has 3 N–H and O–H groups in total. The standard InChI is InChI=1S/C18H27NO6/c1-11(2)24-15(16(21)22)9-12-6-7-14(20)13(8-12)10-19-17(23)25-18(3,4)5/h6-8,11,15,20H,9-10H2,1-5H3,(H,19,23)(H,21,22). The summed E-state index contributed by atoms with van der Waals surface area (Å²) in [4.78, 5) is 23.0. The number of ether oxygens (including phenoxy) is 2. The third-order valence-electron chi connectivity index (χ3n) is 3.10. The van der Waals surface area contributed by atoms with Crippen LogP contribution in [0.1, 0.15) is 45.7 Å². The van der Waals surface area contributed by atoms with Crippen molar-refractivity contribution in [2.24, 2.45) is 0 Å². The molecule has 0 spiro atoms. The van der Waals surface area contributed by atoms with Crippen LogP contribution in [0.5, 0.6) is 5.75 Å². The highest BCUT2D eigenvalue weighted by Crippen LogP contribution is 2.20. The molecule has 25 heavy (non-hydrogen) atoms. The van der Waals surface area contributed by atoms with E-state index in [4.69, 9.17) is 9.47 Å². The van der Waals surface area contributed by atoms with E-state index in [0.717, 1.165) is 0 Å². The molecule has 0 radical (unpaired) electrons. The van der Waals surface area contributed by atoms with Crippen LogP contribution in [0, 0.1) is 0 Å². The first-order valence-corrected chi connectivity index (χ1v) is 8.14. The monoisotopic (exact) mass is 353 g/mol. The molecule has 1 aromatic carbocycles. The maximum Gasteiger partial charge on any atom is 0.407 e. The quantitative estimate of drug-likeness (QED) is 0.696. The number of amides is 1. The maximum absolute atomic E-state index is 11.7. The number of carbonyl (C=O) groups is 2. The lowest BCUT2D eigenvalue weighted by atomic mass is 10.0. The van der Waals surface area contributed by atoms with Crippen LogP contribution < -0.4 is 5.32 Å². The summed E-state index contributed by atoms with van der Waals surface area (Å²) in [5.74, 6) is -1.04. The minimum Gasteiger partial charge on any atom is -0.508 e. The minimum absolute atomic E-state index is 0.0106. The van der Waals surface area contributed by atoms with E-state index in [0.29, 0.717) is 11.1 Å². The zero-order chi connectivity index (χ0) is 19.2. The summed E-state index contributed by atoms with van der Waals surface area (Å²) < 4.78 is 10.5. The maximum atomic E-state index is 11.7. The van der Waals surface area contributed by atoms with E-state index in [1.807, 2.05) is 0 Å². The van der Waals surface area contributed by atoms with Crippen molar-refractivity contribution in [3.63, 3.8) is 0 Å². The zero-order valence-electron chi connectivity index (χ0n) is 15.3. The summed E-state index contributed by atoms with van der Waals surface area (Å²) in [7, 11) is 0. The molecular formula is C18H27NO6. The molecule has 0 aliphatic rings. The second-order valence-electron chi connectivity index (χ2n) is 7.03. The highest BCUT2D eigenvalue weighted by atomic mass is 16.6. The molecule has 7 nitrogen and oxygen atoms in total. The molecule has 7 heteroatoms. The van der Waals surface area contributed by atoms with Gasteiger partial charge in [0.05, 0.1) is 6.10 Å². The Labute approximate surface area is 147 Å². The molecule has 0 fully saturated rings. The molecule has 0 aliphatic heterocycles. The average molecular weight is 353 g/mol. The largest absolute Gasteiger partial charge is 0.508 e. The van der Waals surface area contributed by atoms with Crippen LogP contribution in [0.15, 0.2) is 18.2 Å². The molecular weight excluding hydrogens is 326 g/mol. The normalized spacial score (nSPS) is 12.7. The topological polar surface area (TPSA) is 105 Å². The van der Waals surface area contributed by atoms with Crippen LogP contribution in [0.2, 0.25) is 0 Å². The molecule has 0 heterocycles. The number of hydrogen-bond donors (Lipinski definition) is 3. The van der Waals surface area contributed by atoms with Gasteiger partial charge in [-0.2, -0.15) is 0 Å². The van der Waals surface area contributed by atoms with Gasteiger partial charge >= 0.3 is 12.1 Å². The van der Waals surface area contributed by atoms with E-state index < -0.39 is 23.8 Å². The van der Waals surface area contributed by atoms with Crippen molar-refractivity contribution in [1.82, 2.24) is 5.32 Å². The van der Waals surface area contributed by atoms with Gasteiger partial charge in [-0.05, 0) is 46.2 Å². The number of rotatable bonds is 7. The van der Waals surface area contributed by atoms with E-state index in [-0.39, 0.29) is 24.8 Å². The molecule has 1 atom stereocenters. The van der Waals surface area contributed by atoms with Gasteiger partial charge in [0.15, 0.2) is 6.10 Å². The molecule has 0 aliphatic carbocycles. The van der Waals surface area contributed by atoms with Crippen LogP contribution in [-0.2, 0) is 27.2 Å². The molecule has 0 bridgehead atoms. The summed E-state index contributed by atoms with van der Waals surface area (Å²) in [6, 6.07) is 4.74. The second-order valence-corrected chi connectivity index (χ2v) is 7.03. The van der Waals surface area contributed by atoms with Gasteiger partial charge in [0, 0.05) is 18.5 Å². The fraction of sp³-hybridized carbons (Fsp3) is 0.556. The Kier molecular flexibility index (Phi) is 7.23. The highest BCUT2D eigenvalue weighted by Gasteiger charge is 2.21. The predicted molar refractivity (Wildman–Crippen MR) is 92.5 cm³/mol. The Morgan fingerprint density at radius 2 is 1.88 bits per heavy atom. The summed E-state index contributed by atoms with van der Waals surface area (Å²) >= 11 is 0. The zero-order valence-corrected chi connectivity index (χ0v) is 15.3. The van der Waals surface area contributed by atoms with Gasteiger partial charge in [-0.1, -0.05) is 12.1 Å². The molecule has 140 valence electrons. The Bertz CT molecular complexity index is 606. The van der Waals surface area contributed by atoms with Gasteiger partial charge in [-0.25, -0.2) is 9.59 Å². The Morgan fingerprint density at radius 3 is 2.40 bits per heavy atom. The third-order valence-corrected chi connectivity index (χ3v) is 3.10. The van der Waals surface area contributed by atoms with E-state index in [1.165, 1.54) is 6.07 Å². The van der Waals surface area contributed by atoms with Crippen molar-refractivity contribution >= 4 is 12.1 Å². The molecule has 1 aromatic rings. The van der Waals surface area contributed by atoms with Crippen LogP contribution in [0.4, 0.5) is 4.79 Å². The van der Waals surface area contributed by atoms with E-state index >= 15 is 0 Å². The number of carboxylic acid groups (broad SMARTS) is 1. The summed E-state index contributed by atoms with van der Waals surface area (Å²) in [5, 5.41) is 21.7. The van der Waals surface area contributed by atoms with E-state index in [1.54, 1.807) is 46.8 Å². The number of nitrogens with one attached hydrogen (secondary N) is 1. The van der Waals surface area contributed by atoms with Gasteiger partial charge in [0.2, 0.25) is 0 Å². The number of phenols is 1. The lowest BCUT2D eigenvalue weighted by Crippen LogP contribution is -2.32. The molecule has 1 unspecified atom stereocenters. The molecule has 1 rings (SSSR count). The molecule has 0 aromatic heterocycles.